The lowest BCUT2D eigenvalue weighted by molar-refractivity contribution is -0.117. The average molecular weight is 508 g/mol. The summed E-state index contributed by atoms with van der Waals surface area (Å²) in [6.45, 7) is 8.34. The van der Waals surface area contributed by atoms with Crippen LogP contribution in [0.2, 0.25) is 0 Å². The summed E-state index contributed by atoms with van der Waals surface area (Å²) in [5.41, 5.74) is 7.26. The number of anilines is 2. The van der Waals surface area contributed by atoms with Crippen LogP contribution in [-0.2, 0) is 4.79 Å². The summed E-state index contributed by atoms with van der Waals surface area (Å²) < 4.78 is 0. The van der Waals surface area contributed by atoms with Crippen LogP contribution < -0.4 is 10.2 Å². The molecular weight excluding hydrogens is 474 g/mol. The molecule has 8 heteroatoms. The number of pyridine rings is 2. The molecule has 1 aromatic carbocycles. The fourth-order valence-corrected chi connectivity index (χ4v) is 5.30. The fraction of sp³-hybridized carbons (Fsp3) is 0.333. The maximum atomic E-state index is 12.4. The van der Waals surface area contributed by atoms with Crippen LogP contribution in [0.25, 0.3) is 44.5 Å². The van der Waals surface area contributed by atoms with Crippen molar-refractivity contribution < 1.29 is 4.79 Å². The van der Waals surface area contributed by atoms with Gasteiger partial charge in [0.25, 0.3) is 0 Å². The minimum atomic E-state index is -0.0844. The Morgan fingerprint density at radius 1 is 1.00 bits per heavy atom. The first-order valence-corrected chi connectivity index (χ1v) is 13.3. The molecule has 5 heterocycles. The highest BCUT2D eigenvalue weighted by atomic mass is 16.1. The molecule has 4 aromatic heterocycles. The first-order valence-electron chi connectivity index (χ1n) is 13.3. The Balaban J connectivity index is 1.33. The lowest BCUT2D eigenvalue weighted by Crippen LogP contribution is -2.29. The number of piperidine rings is 1. The van der Waals surface area contributed by atoms with Gasteiger partial charge in [0.1, 0.15) is 5.69 Å². The molecule has 1 aliphatic rings. The predicted molar refractivity (Wildman–Crippen MR) is 153 cm³/mol. The topological polar surface area (TPSA) is 103 Å². The van der Waals surface area contributed by atoms with Crippen molar-refractivity contribution in [2.45, 2.75) is 46.5 Å². The van der Waals surface area contributed by atoms with Crippen LogP contribution >= 0.6 is 0 Å². The van der Waals surface area contributed by atoms with Crippen LogP contribution in [0.5, 0.6) is 0 Å². The normalized spacial score (nSPS) is 14.3. The van der Waals surface area contributed by atoms with Crippen LogP contribution in [0.15, 0.2) is 55.0 Å². The SMILES string of the molecule is CC(C)(C)CC(=O)Nc1cncc(-c2cnc3[nH]nc(-c4cc5c(N6CCCCC6)cccc5[nH]4)c3c2)c1. The number of nitrogens with one attached hydrogen (secondary N) is 3. The molecule has 194 valence electrons. The van der Waals surface area contributed by atoms with Gasteiger partial charge in [-0.15, -0.1) is 0 Å². The summed E-state index contributed by atoms with van der Waals surface area (Å²) >= 11 is 0. The Morgan fingerprint density at radius 2 is 1.82 bits per heavy atom. The van der Waals surface area contributed by atoms with E-state index in [1.807, 2.05) is 33.0 Å². The number of aromatic amines is 2. The van der Waals surface area contributed by atoms with Crippen molar-refractivity contribution in [2.75, 3.05) is 23.3 Å². The molecule has 1 saturated heterocycles. The monoisotopic (exact) mass is 507 g/mol. The van der Waals surface area contributed by atoms with Gasteiger partial charge in [-0.3, -0.25) is 14.9 Å². The molecule has 5 aromatic rings. The minimum Gasteiger partial charge on any atom is -0.371 e. The van der Waals surface area contributed by atoms with E-state index >= 15 is 0 Å². The Hall–Kier alpha value is -4.20. The Bertz CT molecular complexity index is 1620. The second-order valence-corrected chi connectivity index (χ2v) is 11.4. The number of carbonyl (C=O) groups excluding carboxylic acids is 1. The first-order chi connectivity index (χ1) is 18.3. The first kappa shape index (κ1) is 24.2. The predicted octanol–water partition coefficient (Wildman–Crippen LogP) is 6.53. The molecule has 1 fully saturated rings. The molecule has 1 aliphatic heterocycles. The third-order valence-corrected chi connectivity index (χ3v) is 7.06. The number of aromatic nitrogens is 5. The summed E-state index contributed by atoms with van der Waals surface area (Å²) in [5.74, 6) is -0.0233. The molecule has 3 N–H and O–H groups in total. The van der Waals surface area contributed by atoms with Crippen molar-refractivity contribution in [3.05, 3.63) is 55.0 Å². The van der Waals surface area contributed by atoms with Crippen molar-refractivity contribution in [3.8, 4) is 22.5 Å². The van der Waals surface area contributed by atoms with Crippen LogP contribution in [0, 0.1) is 5.41 Å². The van der Waals surface area contributed by atoms with Gasteiger partial charge in [-0.05, 0) is 55.0 Å². The van der Waals surface area contributed by atoms with Crippen LogP contribution in [0.4, 0.5) is 11.4 Å². The van der Waals surface area contributed by atoms with Crippen molar-refractivity contribution in [1.29, 1.82) is 0 Å². The number of benzene rings is 1. The maximum absolute atomic E-state index is 12.4. The number of H-pyrrole nitrogens is 2. The van der Waals surface area contributed by atoms with E-state index in [4.69, 9.17) is 0 Å². The van der Waals surface area contributed by atoms with Gasteiger partial charge in [-0.25, -0.2) is 4.98 Å². The number of nitrogens with zero attached hydrogens (tertiary/aromatic N) is 4. The van der Waals surface area contributed by atoms with Gasteiger partial charge in [0.2, 0.25) is 5.91 Å². The zero-order valence-electron chi connectivity index (χ0n) is 22.1. The third kappa shape index (κ3) is 4.86. The van der Waals surface area contributed by atoms with Crippen molar-refractivity contribution in [1.82, 2.24) is 25.1 Å². The van der Waals surface area contributed by atoms with Crippen molar-refractivity contribution in [3.63, 3.8) is 0 Å². The number of hydrogen-bond donors (Lipinski definition) is 3. The highest BCUT2D eigenvalue weighted by Crippen LogP contribution is 2.35. The Kier molecular flexibility index (Phi) is 6.10. The van der Waals surface area contributed by atoms with Gasteiger partial charge in [0, 0.05) is 65.0 Å². The highest BCUT2D eigenvalue weighted by Gasteiger charge is 2.19. The van der Waals surface area contributed by atoms with Gasteiger partial charge in [0.15, 0.2) is 5.65 Å². The van der Waals surface area contributed by atoms with Crippen molar-refractivity contribution in [2.24, 2.45) is 5.41 Å². The number of hydrogen-bond acceptors (Lipinski definition) is 5. The van der Waals surface area contributed by atoms with E-state index in [9.17, 15) is 4.79 Å². The fourth-order valence-electron chi connectivity index (χ4n) is 5.30. The van der Waals surface area contributed by atoms with Crippen LogP contribution in [0.3, 0.4) is 0 Å². The second-order valence-electron chi connectivity index (χ2n) is 11.4. The molecule has 0 bridgehead atoms. The molecule has 1 amide bonds. The summed E-state index contributed by atoms with van der Waals surface area (Å²) in [5, 5.41) is 12.8. The number of fused-ring (bicyclic) bond motifs is 2. The van der Waals surface area contributed by atoms with E-state index in [0.29, 0.717) is 12.1 Å². The molecule has 0 atom stereocenters. The molecule has 0 saturated carbocycles. The minimum absolute atomic E-state index is 0.0233. The van der Waals surface area contributed by atoms with E-state index in [1.165, 1.54) is 30.3 Å². The van der Waals surface area contributed by atoms with E-state index in [0.717, 1.165) is 52.2 Å². The zero-order chi connectivity index (χ0) is 26.3. The lowest BCUT2D eigenvalue weighted by Gasteiger charge is -2.29. The van der Waals surface area contributed by atoms with Crippen molar-refractivity contribution >= 4 is 39.2 Å². The maximum Gasteiger partial charge on any atom is 0.224 e. The van der Waals surface area contributed by atoms with Crippen LogP contribution in [0.1, 0.15) is 46.5 Å². The van der Waals surface area contributed by atoms with Gasteiger partial charge in [-0.2, -0.15) is 5.10 Å². The summed E-state index contributed by atoms with van der Waals surface area (Å²) in [4.78, 5) is 27.5. The summed E-state index contributed by atoms with van der Waals surface area (Å²) in [7, 11) is 0. The smallest absolute Gasteiger partial charge is 0.224 e. The molecular formula is C30H33N7O. The Labute approximate surface area is 221 Å². The summed E-state index contributed by atoms with van der Waals surface area (Å²) in [6.07, 6.45) is 9.49. The molecule has 0 aliphatic carbocycles. The van der Waals surface area contributed by atoms with Gasteiger partial charge in [-0.1, -0.05) is 26.8 Å². The molecule has 8 nitrogen and oxygen atoms in total. The number of carbonyl (C=O) groups is 1. The lowest BCUT2D eigenvalue weighted by atomic mass is 9.92. The Morgan fingerprint density at radius 3 is 2.63 bits per heavy atom. The van der Waals surface area contributed by atoms with Crippen LogP contribution in [-0.4, -0.2) is 44.1 Å². The highest BCUT2D eigenvalue weighted by molar-refractivity contribution is 6.00. The molecule has 38 heavy (non-hydrogen) atoms. The average Bonchev–Trinajstić information content (AvgIpc) is 3.51. The van der Waals surface area contributed by atoms with Gasteiger partial charge in [0.05, 0.1) is 17.6 Å². The second kappa shape index (κ2) is 9.59. The van der Waals surface area contributed by atoms with Gasteiger partial charge < -0.3 is 15.2 Å². The number of rotatable bonds is 5. The van der Waals surface area contributed by atoms with E-state index in [1.54, 1.807) is 12.4 Å². The molecule has 0 unspecified atom stereocenters. The standard InChI is InChI=1S/C30H33N7O/c1-30(2,3)15-27(38)33-21-12-19(16-31-18-21)20-13-23-28(35-36-29(23)32-17-20)25-14-22-24(34-25)8-7-9-26(22)37-10-5-4-6-11-37/h7-9,12-14,16-18,34H,4-6,10-11,15H2,1-3H3,(H,33,38)(H,32,35,36). The summed E-state index contributed by atoms with van der Waals surface area (Å²) in [6, 6.07) is 12.7. The quantitative estimate of drug-likeness (QED) is 0.251. The molecule has 6 rings (SSSR count). The third-order valence-electron chi connectivity index (χ3n) is 7.06. The largest absolute Gasteiger partial charge is 0.371 e. The van der Waals surface area contributed by atoms with E-state index in [-0.39, 0.29) is 11.3 Å². The molecule has 0 radical (unpaired) electrons. The number of amides is 1. The molecule has 0 spiro atoms. The van der Waals surface area contributed by atoms with E-state index < -0.39 is 0 Å². The van der Waals surface area contributed by atoms with Gasteiger partial charge >= 0.3 is 0 Å². The zero-order valence-corrected chi connectivity index (χ0v) is 22.1. The van der Waals surface area contributed by atoms with E-state index in [2.05, 4.69) is 65.7 Å².